The molecule has 9 rings (SSSR count). The predicted octanol–water partition coefficient (Wildman–Crippen LogP) is 8.10. The normalized spacial score (nSPS) is 19.1. The van der Waals surface area contributed by atoms with Crippen molar-refractivity contribution in [2.45, 2.75) is 57.5 Å². The molecule has 0 saturated carbocycles. The van der Waals surface area contributed by atoms with Gasteiger partial charge in [0, 0.05) is 67.1 Å². The van der Waals surface area contributed by atoms with Gasteiger partial charge < -0.3 is 38.6 Å². The van der Waals surface area contributed by atoms with E-state index >= 15 is 0 Å². The first-order valence-electron chi connectivity index (χ1n) is 19.9. The summed E-state index contributed by atoms with van der Waals surface area (Å²) in [6.07, 6.45) is 6.31. The number of rotatable bonds is 12. The molecule has 12 nitrogen and oxygen atoms in total. The van der Waals surface area contributed by atoms with E-state index < -0.39 is 6.23 Å². The van der Waals surface area contributed by atoms with E-state index in [1.54, 1.807) is 49.7 Å². The maximum absolute atomic E-state index is 13.9. The van der Waals surface area contributed by atoms with Crippen LogP contribution in [0.5, 0.6) is 28.7 Å². The first-order chi connectivity index (χ1) is 29.2. The maximum Gasteiger partial charge on any atom is 0.260 e. The van der Waals surface area contributed by atoms with Crippen molar-refractivity contribution in [3.8, 4) is 28.7 Å². The third-order valence-electron chi connectivity index (χ3n) is 11.4. The molecular weight excluding hydrogens is 779 g/mol. The zero-order valence-electron chi connectivity index (χ0n) is 34.3. The van der Waals surface area contributed by atoms with Crippen molar-refractivity contribution in [2.24, 2.45) is 9.98 Å². The molecule has 5 aromatic rings. The monoisotopic (exact) mass is 825 g/mol. The van der Waals surface area contributed by atoms with Crippen molar-refractivity contribution in [1.29, 1.82) is 0 Å². The molecule has 0 spiro atoms. The van der Waals surface area contributed by atoms with Gasteiger partial charge in [-0.15, -0.1) is 11.3 Å². The Labute approximate surface area is 353 Å². The van der Waals surface area contributed by atoms with Crippen molar-refractivity contribution < 1.29 is 33.6 Å². The fraction of sp³-hybridized carbons (Fsp3) is 0.298. The summed E-state index contributed by atoms with van der Waals surface area (Å²) in [6.45, 7) is 1.87. The number of aliphatic hydroxyl groups is 1. The fourth-order valence-corrected chi connectivity index (χ4v) is 9.32. The topological polar surface area (TPSA) is 118 Å². The van der Waals surface area contributed by atoms with Gasteiger partial charge >= 0.3 is 0 Å². The Morgan fingerprint density at radius 3 is 2.13 bits per heavy atom. The number of amides is 1. The van der Waals surface area contributed by atoms with Gasteiger partial charge in [-0.2, -0.15) is 0 Å². The van der Waals surface area contributed by atoms with E-state index in [2.05, 4.69) is 39.4 Å². The molecule has 4 aliphatic heterocycles. The van der Waals surface area contributed by atoms with Crippen LogP contribution in [0.1, 0.15) is 61.3 Å². The maximum atomic E-state index is 13.9. The molecule has 5 heterocycles. The highest BCUT2D eigenvalue weighted by molar-refractivity contribution is 7.10. The quantitative estimate of drug-likeness (QED) is 0.133. The van der Waals surface area contributed by atoms with Crippen LogP contribution < -0.4 is 23.7 Å². The molecular formula is C47H47N5O7S. The summed E-state index contributed by atoms with van der Waals surface area (Å²) in [5, 5.41) is 13.7. The average Bonchev–Trinajstić information content (AvgIpc) is 3.86. The Morgan fingerprint density at radius 1 is 0.767 bits per heavy atom. The Balaban J connectivity index is 0.927. The van der Waals surface area contributed by atoms with Crippen LogP contribution in [0.3, 0.4) is 0 Å². The number of carbonyl (C=O) groups excluding carboxylic acids is 1. The van der Waals surface area contributed by atoms with Crippen molar-refractivity contribution in [2.75, 3.05) is 35.4 Å². The molecule has 60 heavy (non-hydrogen) atoms. The van der Waals surface area contributed by atoms with Crippen molar-refractivity contribution in [3.05, 3.63) is 128 Å². The first-order valence-corrected chi connectivity index (χ1v) is 20.8. The molecule has 1 unspecified atom stereocenters. The lowest BCUT2D eigenvalue weighted by Crippen LogP contribution is -2.42. The molecule has 0 bridgehead atoms. The number of benzene rings is 4. The van der Waals surface area contributed by atoms with Crippen LogP contribution in [-0.2, 0) is 32.7 Å². The Kier molecular flexibility index (Phi) is 10.9. The molecule has 1 amide bonds. The second kappa shape index (κ2) is 16.6. The van der Waals surface area contributed by atoms with Gasteiger partial charge in [0.1, 0.15) is 25.2 Å². The number of ether oxygens (including phenoxy) is 5. The standard InChI is InChI=1S/C47H47N5O7S/c1-50(2)23-28-12-29(14-30(13-28)27-59-44-20-40-37(17-41(44)56-4)46(53)51-24-32-10-11-60-45(32)16-35(51)22-49-40)26-58-43-19-39-38(18-42(43)57-5)47(54)52-25-33(15-34(52)21-48-39)31-6-8-36(55-3)9-7-31/h6-14,17-22,25,34-35,46,53H,15-16,23-24,26-27H2,1-5H3/t34-,35-,46?/m0/s1. The van der Waals surface area contributed by atoms with Crippen LogP contribution in [0, 0.1) is 0 Å². The number of aliphatic imine (C=N–C) groups is 2. The summed E-state index contributed by atoms with van der Waals surface area (Å²) in [4.78, 5) is 30.8. The van der Waals surface area contributed by atoms with Crippen LogP contribution >= 0.6 is 11.3 Å². The predicted molar refractivity (Wildman–Crippen MR) is 233 cm³/mol. The molecule has 4 aliphatic rings. The zero-order chi connectivity index (χ0) is 41.5. The van der Waals surface area contributed by atoms with E-state index in [-0.39, 0.29) is 31.2 Å². The number of nitrogens with zero attached hydrogens (tertiary/aromatic N) is 5. The summed E-state index contributed by atoms with van der Waals surface area (Å²) >= 11 is 1.76. The minimum Gasteiger partial charge on any atom is -0.497 e. The highest BCUT2D eigenvalue weighted by atomic mass is 32.1. The second-order valence-electron chi connectivity index (χ2n) is 15.7. The molecule has 4 aromatic carbocycles. The minimum atomic E-state index is -0.840. The van der Waals surface area contributed by atoms with Gasteiger partial charge in [0.05, 0.1) is 50.4 Å². The van der Waals surface area contributed by atoms with Gasteiger partial charge in [0.2, 0.25) is 0 Å². The van der Waals surface area contributed by atoms with Crippen LogP contribution in [0.2, 0.25) is 0 Å². The van der Waals surface area contributed by atoms with Gasteiger partial charge in [-0.1, -0.05) is 24.3 Å². The number of hydrogen-bond donors (Lipinski definition) is 1. The van der Waals surface area contributed by atoms with Crippen molar-refractivity contribution >= 4 is 46.6 Å². The lowest BCUT2D eigenvalue weighted by atomic mass is 10.0. The zero-order valence-corrected chi connectivity index (χ0v) is 35.1. The Bertz CT molecular complexity index is 2530. The van der Waals surface area contributed by atoms with E-state index in [1.165, 1.54) is 10.4 Å². The van der Waals surface area contributed by atoms with Crippen molar-refractivity contribution in [3.63, 3.8) is 0 Å². The third kappa shape index (κ3) is 7.77. The van der Waals surface area contributed by atoms with Gasteiger partial charge in [-0.25, -0.2) is 0 Å². The van der Waals surface area contributed by atoms with E-state index in [1.807, 2.05) is 69.1 Å². The largest absolute Gasteiger partial charge is 0.497 e. The molecule has 1 N–H and O–H groups in total. The summed E-state index contributed by atoms with van der Waals surface area (Å²) in [5.41, 5.74) is 8.63. The third-order valence-corrected chi connectivity index (χ3v) is 12.4. The molecule has 1 aromatic heterocycles. The molecule has 0 fully saturated rings. The van der Waals surface area contributed by atoms with E-state index in [0.29, 0.717) is 65.0 Å². The highest BCUT2D eigenvalue weighted by Crippen LogP contribution is 2.44. The van der Waals surface area contributed by atoms with Crippen LogP contribution in [-0.4, -0.2) is 85.7 Å². The van der Waals surface area contributed by atoms with Crippen molar-refractivity contribution in [1.82, 2.24) is 14.7 Å². The van der Waals surface area contributed by atoms with Crippen LogP contribution in [0.4, 0.5) is 11.4 Å². The lowest BCUT2D eigenvalue weighted by molar-refractivity contribution is -0.0193. The van der Waals surface area contributed by atoms with Gasteiger partial charge in [0.25, 0.3) is 5.91 Å². The average molecular weight is 826 g/mol. The fourth-order valence-electron chi connectivity index (χ4n) is 8.38. The molecule has 3 atom stereocenters. The van der Waals surface area contributed by atoms with E-state index in [9.17, 15) is 9.90 Å². The van der Waals surface area contributed by atoms with Gasteiger partial charge in [0.15, 0.2) is 23.0 Å². The second-order valence-corrected chi connectivity index (χ2v) is 16.7. The molecule has 0 aliphatic carbocycles. The summed E-state index contributed by atoms with van der Waals surface area (Å²) < 4.78 is 29.8. The first kappa shape index (κ1) is 39.5. The molecule has 13 heteroatoms. The van der Waals surface area contributed by atoms with Crippen LogP contribution in [0.15, 0.2) is 94.4 Å². The SMILES string of the molecule is COc1ccc(C2=CN3C(=O)c4cc(OC)c(OCc5cc(COc6cc7c(cc6OC)C(O)N6Cc8ccsc8C[C@H]6C=N7)cc(CN(C)C)c5)cc4N=C[C@@H]3C2)cc1. The smallest absolute Gasteiger partial charge is 0.260 e. The van der Waals surface area contributed by atoms with Gasteiger partial charge in [-0.3, -0.25) is 19.7 Å². The van der Waals surface area contributed by atoms with Crippen LogP contribution in [0.25, 0.3) is 5.57 Å². The highest BCUT2D eigenvalue weighted by Gasteiger charge is 2.36. The number of aliphatic hydroxyl groups excluding tert-OH is 1. The molecule has 308 valence electrons. The Morgan fingerprint density at radius 2 is 1.43 bits per heavy atom. The van der Waals surface area contributed by atoms with E-state index in [0.717, 1.165) is 40.0 Å². The van der Waals surface area contributed by atoms with E-state index in [4.69, 9.17) is 33.7 Å². The Hall–Kier alpha value is -5.99. The summed E-state index contributed by atoms with van der Waals surface area (Å²) in [5.74, 6) is 2.62. The number of methoxy groups -OCH3 is 3. The molecule has 0 radical (unpaired) electrons. The number of hydrogen-bond acceptors (Lipinski definition) is 12. The number of thiophene rings is 1. The molecule has 0 saturated heterocycles. The van der Waals surface area contributed by atoms with Gasteiger partial charge in [-0.05, 0) is 89.3 Å². The number of carbonyl (C=O) groups is 1. The summed E-state index contributed by atoms with van der Waals surface area (Å²) in [7, 11) is 8.88. The number of fused-ring (bicyclic) bond motifs is 5. The minimum absolute atomic E-state index is 0.00932. The lowest BCUT2D eigenvalue weighted by Gasteiger charge is -2.36. The summed E-state index contributed by atoms with van der Waals surface area (Å²) in [6, 6.07) is 23.3.